The van der Waals surface area contributed by atoms with Crippen LogP contribution in [0.4, 0.5) is 5.95 Å². The third kappa shape index (κ3) is 2.70. The number of nitrogens with one attached hydrogen (secondary N) is 1. The van der Waals surface area contributed by atoms with Crippen LogP contribution in [0.3, 0.4) is 0 Å². The summed E-state index contributed by atoms with van der Waals surface area (Å²) in [5.41, 5.74) is 0. The molecule has 1 aromatic rings. The average Bonchev–Trinajstić information content (AvgIpc) is 2.89. The SMILES string of the molecule is c1cn(C2CCCCC2)c(NC2CCCCC2)n1. The highest BCUT2D eigenvalue weighted by molar-refractivity contribution is 5.28. The average molecular weight is 247 g/mol. The largest absolute Gasteiger partial charge is 0.353 e. The maximum absolute atomic E-state index is 4.54. The van der Waals surface area contributed by atoms with Crippen molar-refractivity contribution >= 4 is 5.95 Å². The first-order valence-electron chi connectivity index (χ1n) is 7.73. The molecular formula is C15H25N3. The Morgan fingerprint density at radius 3 is 2.33 bits per heavy atom. The highest BCUT2D eigenvalue weighted by atomic mass is 15.2. The zero-order valence-corrected chi connectivity index (χ0v) is 11.3. The van der Waals surface area contributed by atoms with E-state index in [-0.39, 0.29) is 0 Å². The van der Waals surface area contributed by atoms with Crippen molar-refractivity contribution in [1.29, 1.82) is 0 Å². The Labute approximate surface area is 110 Å². The number of aromatic nitrogens is 2. The molecule has 3 nitrogen and oxygen atoms in total. The van der Waals surface area contributed by atoms with Gasteiger partial charge in [0.1, 0.15) is 0 Å². The van der Waals surface area contributed by atoms with Gasteiger partial charge in [-0.1, -0.05) is 38.5 Å². The fraction of sp³-hybridized carbons (Fsp3) is 0.800. The predicted octanol–water partition coefficient (Wildman–Crippen LogP) is 4.13. The Balaban J connectivity index is 1.66. The van der Waals surface area contributed by atoms with E-state index >= 15 is 0 Å². The van der Waals surface area contributed by atoms with Crippen molar-refractivity contribution in [3.05, 3.63) is 12.4 Å². The molecule has 0 spiro atoms. The van der Waals surface area contributed by atoms with Crippen LogP contribution in [-0.4, -0.2) is 15.6 Å². The summed E-state index contributed by atoms with van der Waals surface area (Å²) in [6, 6.07) is 1.34. The second-order valence-electron chi connectivity index (χ2n) is 5.93. The van der Waals surface area contributed by atoms with Crippen LogP contribution in [-0.2, 0) is 0 Å². The van der Waals surface area contributed by atoms with Gasteiger partial charge < -0.3 is 9.88 Å². The lowest BCUT2D eigenvalue weighted by Crippen LogP contribution is -2.25. The maximum atomic E-state index is 4.54. The van der Waals surface area contributed by atoms with E-state index in [2.05, 4.69) is 21.1 Å². The normalized spacial score (nSPS) is 23.1. The van der Waals surface area contributed by atoms with E-state index in [1.165, 1.54) is 64.2 Å². The lowest BCUT2D eigenvalue weighted by Gasteiger charge is -2.28. The molecule has 18 heavy (non-hydrogen) atoms. The molecule has 2 aliphatic rings. The second-order valence-corrected chi connectivity index (χ2v) is 5.93. The molecule has 0 aliphatic heterocycles. The molecule has 1 heterocycles. The number of imidazole rings is 1. The Morgan fingerprint density at radius 1 is 0.944 bits per heavy atom. The molecule has 0 radical (unpaired) electrons. The van der Waals surface area contributed by atoms with Crippen molar-refractivity contribution in [3.63, 3.8) is 0 Å². The molecule has 3 rings (SSSR count). The van der Waals surface area contributed by atoms with Gasteiger partial charge in [0.05, 0.1) is 0 Å². The van der Waals surface area contributed by atoms with E-state index in [9.17, 15) is 0 Å². The lowest BCUT2D eigenvalue weighted by atomic mass is 9.95. The molecule has 2 aliphatic carbocycles. The molecule has 0 bridgehead atoms. The predicted molar refractivity (Wildman–Crippen MR) is 74.8 cm³/mol. The fourth-order valence-electron chi connectivity index (χ4n) is 3.51. The van der Waals surface area contributed by atoms with E-state index in [1.54, 1.807) is 0 Å². The Kier molecular flexibility index (Phi) is 3.87. The molecule has 1 aromatic heterocycles. The smallest absolute Gasteiger partial charge is 0.203 e. The van der Waals surface area contributed by atoms with Gasteiger partial charge in [0.2, 0.25) is 5.95 Å². The highest BCUT2D eigenvalue weighted by Gasteiger charge is 2.20. The Morgan fingerprint density at radius 2 is 1.61 bits per heavy atom. The van der Waals surface area contributed by atoms with E-state index in [1.807, 2.05) is 6.20 Å². The third-order valence-electron chi connectivity index (χ3n) is 4.58. The first-order chi connectivity index (χ1) is 8.93. The first kappa shape index (κ1) is 12.1. The van der Waals surface area contributed by atoms with Crippen LogP contribution in [0.1, 0.15) is 70.3 Å². The third-order valence-corrected chi connectivity index (χ3v) is 4.58. The molecule has 0 amide bonds. The Bertz CT molecular complexity index is 360. The summed E-state index contributed by atoms with van der Waals surface area (Å²) in [6.45, 7) is 0. The van der Waals surface area contributed by atoms with Gasteiger partial charge in [0.15, 0.2) is 0 Å². The fourth-order valence-corrected chi connectivity index (χ4v) is 3.51. The van der Waals surface area contributed by atoms with Crippen LogP contribution in [0.2, 0.25) is 0 Å². The minimum atomic E-state index is 0.656. The zero-order valence-electron chi connectivity index (χ0n) is 11.3. The molecule has 1 N–H and O–H groups in total. The molecular weight excluding hydrogens is 222 g/mol. The van der Waals surface area contributed by atoms with E-state index in [0.29, 0.717) is 12.1 Å². The van der Waals surface area contributed by atoms with Crippen molar-refractivity contribution in [2.24, 2.45) is 0 Å². The van der Waals surface area contributed by atoms with Crippen LogP contribution in [0.15, 0.2) is 12.4 Å². The van der Waals surface area contributed by atoms with Gasteiger partial charge in [0, 0.05) is 24.5 Å². The summed E-state index contributed by atoms with van der Waals surface area (Å²) >= 11 is 0. The molecule has 2 fully saturated rings. The van der Waals surface area contributed by atoms with E-state index in [0.717, 1.165) is 5.95 Å². The first-order valence-corrected chi connectivity index (χ1v) is 7.73. The molecule has 2 saturated carbocycles. The van der Waals surface area contributed by atoms with E-state index < -0.39 is 0 Å². The highest BCUT2D eigenvalue weighted by Crippen LogP contribution is 2.31. The van der Waals surface area contributed by atoms with Crippen LogP contribution in [0.25, 0.3) is 0 Å². The van der Waals surface area contributed by atoms with Crippen molar-refractivity contribution in [2.45, 2.75) is 76.3 Å². The van der Waals surface area contributed by atoms with Gasteiger partial charge in [-0.15, -0.1) is 0 Å². The van der Waals surface area contributed by atoms with E-state index in [4.69, 9.17) is 0 Å². The van der Waals surface area contributed by atoms with Gasteiger partial charge in [-0.3, -0.25) is 0 Å². The van der Waals surface area contributed by atoms with Gasteiger partial charge >= 0.3 is 0 Å². The summed E-state index contributed by atoms with van der Waals surface area (Å²) in [4.78, 5) is 4.54. The minimum Gasteiger partial charge on any atom is -0.353 e. The summed E-state index contributed by atoms with van der Waals surface area (Å²) in [7, 11) is 0. The maximum Gasteiger partial charge on any atom is 0.203 e. The number of hydrogen-bond donors (Lipinski definition) is 1. The van der Waals surface area contributed by atoms with Crippen molar-refractivity contribution in [2.75, 3.05) is 5.32 Å². The summed E-state index contributed by atoms with van der Waals surface area (Å²) in [5, 5.41) is 3.68. The zero-order chi connectivity index (χ0) is 12.2. The molecule has 0 aromatic carbocycles. The summed E-state index contributed by atoms with van der Waals surface area (Å²) in [5.74, 6) is 1.12. The molecule has 3 heteroatoms. The van der Waals surface area contributed by atoms with Gasteiger partial charge in [-0.25, -0.2) is 4.98 Å². The van der Waals surface area contributed by atoms with Crippen LogP contribution < -0.4 is 5.32 Å². The number of anilines is 1. The van der Waals surface area contributed by atoms with Crippen LogP contribution >= 0.6 is 0 Å². The van der Waals surface area contributed by atoms with Crippen LogP contribution in [0.5, 0.6) is 0 Å². The van der Waals surface area contributed by atoms with Crippen molar-refractivity contribution < 1.29 is 0 Å². The summed E-state index contributed by atoms with van der Waals surface area (Å²) in [6.07, 6.45) is 17.8. The number of rotatable bonds is 3. The van der Waals surface area contributed by atoms with Crippen molar-refractivity contribution in [1.82, 2.24) is 9.55 Å². The van der Waals surface area contributed by atoms with Gasteiger partial charge in [-0.2, -0.15) is 0 Å². The lowest BCUT2D eigenvalue weighted by molar-refractivity contribution is 0.354. The molecule has 0 saturated heterocycles. The Hall–Kier alpha value is -0.990. The molecule has 100 valence electrons. The van der Waals surface area contributed by atoms with Gasteiger partial charge in [0.25, 0.3) is 0 Å². The second kappa shape index (κ2) is 5.77. The monoisotopic (exact) mass is 247 g/mol. The van der Waals surface area contributed by atoms with Crippen LogP contribution in [0, 0.1) is 0 Å². The summed E-state index contributed by atoms with van der Waals surface area (Å²) < 4.78 is 2.40. The number of nitrogens with zero attached hydrogens (tertiary/aromatic N) is 2. The topological polar surface area (TPSA) is 29.9 Å². The quantitative estimate of drug-likeness (QED) is 0.870. The van der Waals surface area contributed by atoms with Crippen molar-refractivity contribution in [3.8, 4) is 0 Å². The minimum absolute atomic E-state index is 0.656. The molecule has 0 atom stereocenters. The number of hydrogen-bond acceptors (Lipinski definition) is 2. The standard InChI is InChI=1S/C15H25N3/c1-3-7-13(8-4-1)17-15-16-11-12-18(15)14-9-5-2-6-10-14/h11-14H,1-10H2,(H,16,17). The van der Waals surface area contributed by atoms with Gasteiger partial charge in [-0.05, 0) is 25.7 Å². The molecule has 0 unspecified atom stereocenters.